The number of hydrogen-bond acceptors (Lipinski definition) is 3. The summed E-state index contributed by atoms with van der Waals surface area (Å²) in [7, 11) is 0. The maximum absolute atomic E-state index is 10.9. The van der Waals surface area contributed by atoms with Crippen molar-refractivity contribution < 1.29 is 9.90 Å². The minimum atomic E-state index is -0.870. The standard InChI is InChI=1S/C12H16N2O2/c1-9-8-14(6-5-13-9)11-4-2-3-10(7-11)12(15)16/h2-4,7,9,13H,5-6,8H2,1H3,(H,15,16)/t9-/m1/s1. The number of carboxylic acids is 1. The summed E-state index contributed by atoms with van der Waals surface area (Å²) in [5.41, 5.74) is 1.34. The van der Waals surface area contributed by atoms with Crippen molar-refractivity contribution >= 4 is 11.7 Å². The summed E-state index contributed by atoms with van der Waals surface area (Å²) in [5.74, 6) is -0.870. The Morgan fingerprint density at radius 1 is 1.56 bits per heavy atom. The van der Waals surface area contributed by atoms with Crippen LogP contribution in [-0.2, 0) is 0 Å². The molecule has 1 aromatic carbocycles. The van der Waals surface area contributed by atoms with E-state index in [1.807, 2.05) is 6.07 Å². The van der Waals surface area contributed by atoms with Gasteiger partial charge in [-0.2, -0.15) is 0 Å². The molecule has 1 aliphatic rings. The van der Waals surface area contributed by atoms with Gasteiger partial charge in [0, 0.05) is 31.4 Å². The zero-order valence-electron chi connectivity index (χ0n) is 9.31. The van der Waals surface area contributed by atoms with Crippen LogP contribution in [0.25, 0.3) is 0 Å². The first-order valence-corrected chi connectivity index (χ1v) is 5.48. The monoisotopic (exact) mass is 220 g/mol. The van der Waals surface area contributed by atoms with Gasteiger partial charge in [0.25, 0.3) is 0 Å². The number of aromatic carboxylic acids is 1. The van der Waals surface area contributed by atoms with Crippen molar-refractivity contribution in [2.24, 2.45) is 0 Å². The van der Waals surface area contributed by atoms with Crippen LogP contribution < -0.4 is 10.2 Å². The first kappa shape index (κ1) is 11.0. The Kier molecular flexibility index (Phi) is 3.10. The van der Waals surface area contributed by atoms with Gasteiger partial charge in [0.15, 0.2) is 0 Å². The lowest BCUT2D eigenvalue weighted by molar-refractivity contribution is 0.0697. The van der Waals surface area contributed by atoms with E-state index in [4.69, 9.17) is 5.11 Å². The van der Waals surface area contributed by atoms with Crippen LogP contribution in [0.2, 0.25) is 0 Å². The van der Waals surface area contributed by atoms with Crippen LogP contribution >= 0.6 is 0 Å². The molecule has 1 atom stereocenters. The molecule has 2 N–H and O–H groups in total. The van der Waals surface area contributed by atoms with Gasteiger partial charge < -0.3 is 15.3 Å². The second-order valence-corrected chi connectivity index (χ2v) is 4.16. The number of benzene rings is 1. The molecule has 1 heterocycles. The third-order valence-corrected chi connectivity index (χ3v) is 2.83. The van der Waals surface area contributed by atoms with Gasteiger partial charge in [-0.05, 0) is 25.1 Å². The number of carbonyl (C=O) groups is 1. The minimum Gasteiger partial charge on any atom is -0.478 e. The van der Waals surface area contributed by atoms with Crippen LogP contribution in [0.3, 0.4) is 0 Å². The Morgan fingerprint density at radius 3 is 3.06 bits per heavy atom. The van der Waals surface area contributed by atoms with Crippen molar-refractivity contribution in [1.82, 2.24) is 5.32 Å². The van der Waals surface area contributed by atoms with Crippen LogP contribution in [0.15, 0.2) is 24.3 Å². The summed E-state index contributed by atoms with van der Waals surface area (Å²) >= 11 is 0. The van der Waals surface area contributed by atoms with Gasteiger partial charge >= 0.3 is 5.97 Å². The molecule has 0 radical (unpaired) electrons. The van der Waals surface area contributed by atoms with Crippen molar-refractivity contribution in [3.8, 4) is 0 Å². The third-order valence-electron chi connectivity index (χ3n) is 2.83. The molecule has 0 aliphatic carbocycles. The van der Waals surface area contributed by atoms with E-state index in [0.717, 1.165) is 25.3 Å². The Hall–Kier alpha value is -1.55. The van der Waals surface area contributed by atoms with Crippen LogP contribution in [0.4, 0.5) is 5.69 Å². The third kappa shape index (κ3) is 2.33. The average molecular weight is 220 g/mol. The maximum Gasteiger partial charge on any atom is 0.335 e. The van der Waals surface area contributed by atoms with Gasteiger partial charge in [0.05, 0.1) is 5.56 Å². The zero-order valence-corrected chi connectivity index (χ0v) is 9.31. The van der Waals surface area contributed by atoms with Crippen LogP contribution in [0.1, 0.15) is 17.3 Å². The predicted molar refractivity (Wildman–Crippen MR) is 63.1 cm³/mol. The molecule has 4 nitrogen and oxygen atoms in total. The number of rotatable bonds is 2. The predicted octanol–water partition coefficient (Wildman–Crippen LogP) is 1.18. The van der Waals surface area contributed by atoms with E-state index in [1.54, 1.807) is 18.2 Å². The number of piperazine rings is 1. The SMILES string of the molecule is C[C@@H]1CN(c2cccc(C(=O)O)c2)CCN1. The lowest BCUT2D eigenvalue weighted by Crippen LogP contribution is -2.49. The fourth-order valence-corrected chi connectivity index (χ4v) is 2.00. The molecule has 0 saturated carbocycles. The highest BCUT2D eigenvalue weighted by Crippen LogP contribution is 2.17. The molecule has 0 bridgehead atoms. The van der Waals surface area contributed by atoms with E-state index in [1.165, 1.54) is 0 Å². The first-order valence-electron chi connectivity index (χ1n) is 5.48. The van der Waals surface area contributed by atoms with Gasteiger partial charge in [-0.1, -0.05) is 6.07 Å². The van der Waals surface area contributed by atoms with E-state index in [9.17, 15) is 4.79 Å². The maximum atomic E-state index is 10.9. The Morgan fingerprint density at radius 2 is 2.38 bits per heavy atom. The van der Waals surface area contributed by atoms with Gasteiger partial charge in [-0.3, -0.25) is 0 Å². The van der Waals surface area contributed by atoms with E-state index in [-0.39, 0.29) is 0 Å². The molecule has 1 aromatic rings. The number of nitrogens with one attached hydrogen (secondary N) is 1. The quantitative estimate of drug-likeness (QED) is 0.786. The first-order chi connectivity index (χ1) is 7.66. The van der Waals surface area contributed by atoms with E-state index < -0.39 is 5.97 Å². The Balaban J connectivity index is 2.19. The smallest absolute Gasteiger partial charge is 0.335 e. The van der Waals surface area contributed by atoms with Crippen molar-refractivity contribution in [1.29, 1.82) is 0 Å². The van der Waals surface area contributed by atoms with Crippen molar-refractivity contribution in [2.45, 2.75) is 13.0 Å². The summed E-state index contributed by atoms with van der Waals surface area (Å²) < 4.78 is 0. The van der Waals surface area contributed by atoms with E-state index >= 15 is 0 Å². The molecule has 2 rings (SSSR count). The topological polar surface area (TPSA) is 52.6 Å². The summed E-state index contributed by atoms with van der Waals surface area (Å²) in [5, 5.41) is 12.3. The largest absolute Gasteiger partial charge is 0.478 e. The molecule has 0 aromatic heterocycles. The Labute approximate surface area is 94.9 Å². The molecule has 86 valence electrons. The van der Waals surface area contributed by atoms with Gasteiger partial charge in [0.2, 0.25) is 0 Å². The van der Waals surface area contributed by atoms with Crippen LogP contribution in [0.5, 0.6) is 0 Å². The molecular weight excluding hydrogens is 204 g/mol. The summed E-state index contributed by atoms with van der Waals surface area (Å²) in [4.78, 5) is 13.1. The second kappa shape index (κ2) is 4.53. The normalized spacial score (nSPS) is 20.8. The average Bonchev–Trinajstić information content (AvgIpc) is 2.29. The molecule has 4 heteroatoms. The molecule has 0 spiro atoms. The fraction of sp³-hybridized carbons (Fsp3) is 0.417. The van der Waals surface area contributed by atoms with E-state index in [0.29, 0.717) is 11.6 Å². The van der Waals surface area contributed by atoms with Crippen molar-refractivity contribution in [2.75, 3.05) is 24.5 Å². The Bertz CT molecular complexity index is 392. The van der Waals surface area contributed by atoms with Gasteiger partial charge in [0.1, 0.15) is 0 Å². The van der Waals surface area contributed by atoms with Gasteiger partial charge in [-0.15, -0.1) is 0 Å². The molecule has 1 saturated heterocycles. The zero-order chi connectivity index (χ0) is 11.5. The van der Waals surface area contributed by atoms with E-state index in [2.05, 4.69) is 17.1 Å². The fourth-order valence-electron chi connectivity index (χ4n) is 2.00. The highest BCUT2D eigenvalue weighted by atomic mass is 16.4. The summed E-state index contributed by atoms with van der Waals surface area (Å²) in [6.45, 7) is 4.92. The minimum absolute atomic E-state index is 0.351. The molecule has 0 unspecified atom stereocenters. The number of carboxylic acid groups (broad SMARTS) is 1. The number of nitrogens with zero attached hydrogens (tertiary/aromatic N) is 1. The highest BCUT2D eigenvalue weighted by molar-refractivity contribution is 5.88. The van der Waals surface area contributed by atoms with Crippen molar-refractivity contribution in [3.63, 3.8) is 0 Å². The highest BCUT2D eigenvalue weighted by Gasteiger charge is 2.16. The van der Waals surface area contributed by atoms with Gasteiger partial charge in [-0.25, -0.2) is 4.79 Å². The molecule has 0 amide bonds. The molecular formula is C12H16N2O2. The lowest BCUT2D eigenvalue weighted by Gasteiger charge is -2.33. The number of anilines is 1. The number of hydrogen-bond donors (Lipinski definition) is 2. The molecule has 1 fully saturated rings. The molecule has 1 aliphatic heterocycles. The van der Waals surface area contributed by atoms with Crippen LogP contribution in [-0.4, -0.2) is 36.8 Å². The summed E-state index contributed by atoms with van der Waals surface area (Å²) in [6.07, 6.45) is 0. The van der Waals surface area contributed by atoms with Crippen molar-refractivity contribution in [3.05, 3.63) is 29.8 Å². The molecule has 16 heavy (non-hydrogen) atoms. The summed E-state index contributed by atoms with van der Waals surface area (Å²) in [6, 6.07) is 7.57. The lowest BCUT2D eigenvalue weighted by atomic mass is 10.1. The van der Waals surface area contributed by atoms with Crippen LogP contribution in [0, 0.1) is 0 Å². The second-order valence-electron chi connectivity index (χ2n) is 4.16.